The zero-order valence-corrected chi connectivity index (χ0v) is 13.0. The van der Waals surface area contributed by atoms with Crippen LogP contribution < -0.4 is 10.2 Å². The van der Waals surface area contributed by atoms with E-state index in [0.717, 1.165) is 19.1 Å². The first kappa shape index (κ1) is 14.2. The predicted molar refractivity (Wildman–Crippen MR) is 90.2 cm³/mol. The van der Waals surface area contributed by atoms with Gasteiger partial charge >= 0.3 is 0 Å². The van der Waals surface area contributed by atoms with Crippen LogP contribution in [-0.2, 0) is 6.54 Å². The summed E-state index contributed by atoms with van der Waals surface area (Å²) in [6.45, 7) is 6.31. The van der Waals surface area contributed by atoms with Gasteiger partial charge in [-0.1, -0.05) is 24.3 Å². The van der Waals surface area contributed by atoms with Crippen molar-refractivity contribution in [1.82, 2.24) is 5.32 Å². The molecule has 21 heavy (non-hydrogen) atoms. The number of aryl methyl sites for hydroxylation is 1. The molecule has 2 heteroatoms. The summed E-state index contributed by atoms with van der Waals surface area (Å²) < 4.78 is 0. The van der Waals surface area contributed by atoms with Crippen LogP contribution >= 0.6 is 0 Å². The first-order valence-electron chi connectivity index (χ1n) is 7.93. The van der Waals surface area contributed by atoms with Crippen LogP contribution in [0.4, 0.5) is 11.4 Å². The quantitative estimate of drug-likeness (QED) is 0.843. The Morgan fingerprint density at radius 1 is 1.05 bits per heavy atom. The Balaban J connectivity index is 1.73. The highest BCUT2D eigenvalue weighted by Gasteiger charge is 2.19. The fraction of sp³-hybridized carbons (Fsp3) is 0.368. The molecule has 0 saturated heterocycles. The molecule has 0 aromatic heterocycles. The summed E-state index contributed by atoms with van der Waals surface area (Å²) in [5.41, 5.74) is 5.20. The van der Waals surface area contributed by atoms with E-state index in [2.05, 4.69) is 72.6 Å². The molecule has 1 N–H and O–H groups in total. The van der Waals surface area contributed by atoms with Gasteiger partial charge in [-0.05, 0) is 62.1 Å². The maximum Gasteiger partial charge on any atom is 0.0413 e. The van der Waals surface area contributed by atoms with Gasteiger partial charge in [-0.15, -0.1) is 0 Å². The Kier molecular flexibility index (Phi) is 4.26. The largest absolute Gasteiger partial charge is 0.342 e. The minimum Gasteiger partial charge on any atom is -0.342 e. The van der Waals surface area contributed by atoms with Crippen molar-refractivity contribution in [3.8, 4) is 0 Å². The first-order chi connectivity index (χ1) is 10.3. The molecule has 110 valence electrons. The number of hydrogen-bond donors (Lipinski definition) is 1. The van der Waals surface area contributed by atoms with Gasteiger partial charge in [-0.3, -0.25) is 0 Å². The third-order valence-electron chi connectivity index (χ3n) is 4.05. The first-order valence-corrected chi connectivity index (χ1v) is 7.93. The lowest BCUT2D eigenvalue weighted by molar-refractivity contribution is 0.688. The molecule has 0 atom stereocenters. The summed E-state index contributed by atoms with van der Waals surface area (Å²) in [5.74, 6) is 0. The number of nitrogens with zero attached hydrogens (tertiary/aromatic N) is 1. The molecule has 1 saturated carbocycles. The van der Waals surface area contributed by atoms with E-state index in [-0.39, 0.29) is 0 Å². The molecule has 2 aromatic carbocycles. The fourth-order valence-corrected chi connectivity index (χ4v) is 2.65. The summed E-state index contributed by atoms with van der Waals surface area (Å²) >= 11 is 0. The molecule has 1 fully saturated rings. The van der Waals surface area contributed by atoms with Crippen molar-refractivity contribution in [2.24, 2.45) is 0 Å². The highest BCUT2D eigenvalue weighted by Crippen LogP contribution is 2.26. The van der Waals surface area contributed by atoms with Gasteiger partial charge in [-0.25, -0.2) is 0 Å². The predicted octanol–water partition coefficient (Wildman–Crippen LogP) is 4.41. The fourth-order valence-electron chi connectivity index (χ4n) is 2.65. The van der Waals surface area contributed by atoms with Crippen molar-refractivity contribution in [1.29, 1.82) is 0 Å². The molecule has 2 nitrogen and oxygen atoms in total. The Morgan fingerprint density at radius 3 is 2.43 bits per heavy atom. The van der Waals surface area contributed by atoms with Gasteiger partial charge in [0.2, 0.25) is 0 Å². The zero-order valence-electron chi connectivity index (χ0n) is 13.0. The van der Waals surface area contributed by atoms with Gasteiger partial charge in [0.05, 0.1) is 0 Å². The number of rotatable bonds is 6. The van der Waals surface area contributed by atoms with Crippen molar-refractivity contribution in [3.63, 3.8) is 0 Å². The van der Waals surface area contributed by atoms with Crippen molar-refractivity contribution < 1.29 is 0 Å². The van der Waals surface area contributed by atoms with Crippen LogP contribution in [0.25, 0.3) is 0 Å². The van der Waals surface area contributed by atoms with Crippen LogP contribution in [-0.4, -0.2) is 12.6 Å². The van der Waals surface area contributed by atoms with E-state index in [1.807, 2.05) is 0 Å². The summed E-state index contributed by atoms with van der Waals surface area (Å²) in [7, 11) is 0. The lowest BCUT2D eigenvalue weighted by Crippen LogP contribution is -2.17. The molecule has 3 rings (SSSR count). The van der Waals surface area contributed by atoms with Crippen molar-refractivity contribution in [2.45, 2.75) is 39.3 Å². The standard InChI is InChI=1S/C19H24N2/c1-3-21(19-6-4-5-15(2)13-19)18-11-7-16(8-12-18)14-20-17-9-10-17/h4-8,11-13,17,20H,3,9-10,14H2,1-2H3. The van der Waals surface area contributed by atoms with Crippen LogP contribution in [0, 0.1) is 6.92 Å². The van der Waals surface area contributed by atoms with Crippen LogP contribution in [0.3, 0.4) is 0 Å². The van der Waals surface area contributed by atoms with E-state index in [0.29, 0.717) is 0 Å². The SMILES string of the molecule is CCN(c1ccc(CNC2CC2)cc1)c1cccc(C)c1. The van der Waals surface area contributed by atoms with Gasteiger partial charge in [0.15, 0.2) is 0 Å². The monoisotopic (exact) mass is 280 g/mol. The maximum atomic E-state index is 3.56. The molecule has 0 spiro atoms. The number of anilines is 2. The van der Waals surface area contributed by atoms with E-state index in [9.17, 15) is 0 Å². The minimum atomic E-state index is 0.768. The third kappa shape index (κ3) is 3.64. The molecule has 0 bridgehead atoms. The van der Waals surface area contributed by atoms with E-state index >= 15 is 0 Å². The average molecular weight is 280 g/mol. The van der Waals surface area contributed by atoms with Crippen molar-refractivity contribution >= 4 is 11.4 Å². The highest BCUT2D eigenvalue weighted by molar-refractivity contribution is 5.63. The second-order valence-electron chi connectivity index (χ2n) is 5.90. The van der Waals surface area contributed by atoms with Crippen LogP contribution in [0.1, 0.15) is 30.9 Å². The van der Waals surface area contributed by atoms with Gasteiger partial charge in [0.25, 0.3) is 0 Å². The average Bonchev–Trinajstić information content (AvgIpc) is 3.32. The van der Waals surface area contributed by atoms with E-state index in [4.69, 9.17) is 0 Å². The Labute approximate surface area is 127 Å². The number of benzene rings is 2. The van der Waals surface area contributed by atoms with E-state index in [1.54, 1.807) is 0 Å². The van der Waals surface area contributed by atoms with Gasteiger partial charge in [-0.2, -0.15) is 0 Å². The van der Waals surface area contributed by atoms with E-state index < -0.39 is 0 Å². The number of hydrogen-bond acceptors (Lipinski definition) is 2. The van der Waals surface area contributed by atoms with Crippen molar-refractivity contribution in [2.75, 3.05) is 11.4 Å². The van der Waals surface area contributed by atoms with Gasteiger partial charge in [0, 0.05) is 30.5 Å². The van der Waals surface area contributed by atoms with Gasteiger partial charge < -0.3 is 10.2 Å². The van der Waals surface area contributed by atoms with Crippen LogP contribution in [0.2, 0.25) is 0 Å². The molecule has 0 heterocycles. The van der Waals surface area contributed by atoms with Crippen molar-refractivity contribution in [3.05, 3.63) is 59.7 Å². The molecular formula is C19H24N2. The van der Waals surface area contributed by atoms with Crippen LogP contribution in [0.15, 0.2) is 48.5 Å². The summed E-state index contributed by atoms with van der Waals surface area (Å²) in [6.07, 6.45) is 2.68. The zero-order chi connectivity index (χ0) is 14.7. The highest BCUT2D eigenvalue weighted by atomic mass is 15.1. The Hall–Kier alpha value is -1.80. The molecule has 0 unspecified atom stereocenters. The Bertz CT molecular complexity index is 585. The molecular weight excluding hydrogens is 256 g/mol. The number of nitrogens with one attached hydrogen (secondary N) is 1. The maximum absolute atomic E-state index is 3.56. The topological polar surface area (TPSA) is 15.3 Å². The molecule has 2 aromatic rings. The molecule has 0 radical (unpaired) electrons. The molecule has 0 aliphatic heterocycles. The smallest absolute Gasteiger partial charge is 0.0413 e. The van der Waals surface area contributed by atoms with Crippen LogP contribution in [0.5, 0.6) is 0 Å². The summed E-state index contributed by atoms with van der Waals surface area (Å²) in [5, 5.41) is 3.56. The summed E-state index contributed by atoms with van der Waals surface area (Å²) in [6, 6.07) is 18.4. The molecule has 1 aliphatic carbocycles. The molecule has 1 aliphatic rings. The normalized spacial score (nSPS) is 14.2. The lowest BCUT2D eigenvalue weighted by atomic mass is 10.1. The second-order valence-corrected chi connectivity index (χ2v) is 5.90. The Morgan fingerprint density at radius 2 is 1.81 bits per heavy atom. The minimum absolute atomic E-state index is 0.768. The molecule has 0 amide bonds. The van der Waals surface area contributed by atoms with E-state index in [1.165, 1.54) is 35.3 Å². The summed E-state index contributed by atoms with van der Waals surface area (Å²) in [4.78, 5) is 2.35. The lowest BCUT2D eigenvalue weighted by Gasteiger charge is -2.24. The van der Waals surface area contributed by atoms with Gasteiger partial charge in [0.1, 0.15) is 0 Å². The second kappa shape index (κ2) is 6.31. The third-order valence-corrected chi connectivity index (χ3v) is 4.05.